The van der Waals surface area contributed by atoms with Gasteiger partial charge in [0.2, 0.25) is 0 Å². The minimum Gasteiger partial charge on any atom is -0.479 e. The van der Waals surface area contributed by atoms with Gasteiger partial charge in [-0.2, -0.15) is 0 Å². The predicted molar refractivity (Wildman–Crippen MR) is 68.3 cm³/mol. The van der Waals surface area contributed by atoms with Gasteiger partial charge in [0.1, 0.15) is 5.82 Å². The number of benzene rings is 1. The van der Waals surface area contributed by atoms with Crippen LogP contribution >= 0.6 is 0 Å². The first-order valence-electron chi connectivity index (χ1n) is 6.43. The Morgan fingerprint density at radius 1 is 1.58 bits per heavy atom. The number of carboxylic acids is 1. The van der Waals surface area contributed by atoms with E-state index in [0.29, 0.717) is 13.0 Å². The number of hydrogen-bond acceptors (Lipinski definition) is 3. The fourth-order valence-electron chi connectivity index (χ4n) is 2.24. The summed E-state index contributed by atoms with van der Waals surface area (Å²) < 4.78 is 18.5. The summed E-state index contributed by atoms with van der Waals surface area (Å²) >= 11 is 0. The monoisotopic (exact) mass is 267 g/mol. The Hall–Kier alpha value is -1.46. The summed E-state index contributed by atoms with van der Waals surface area (Å²) in [6.45, 7) is 2.51. The number of rotatable bonds is 5. The Kier molecular flexibility index (Phi) is 4.50. The molecule has 0 radical (unpaired) electrons. The highest BCUT2D eigenvalue weighted by atomic mass is 19.1. The van der Waals surface area contributed by atoms with Gasteiger partial charge in [0.15, 0.2) is 6.10 Å². The van der Waals surface area contributed by atoms with Gasteiger partial charge in [-0.3, -0.25) is 0 Å². The molecule has 5 heteroatoms. The molecule has 0 spiro atoms. The van der Waals surface area contributed by atoms with Crippen LogP contribution in [0.3, 0.4) is 0 Å². The van der Waals surface area contributed by atoms with E-state index in [0.717, 1.165) is 12.0 Å². The van der Waals surface area contributed by atoms with Crippen molar-refractivity contribution >= 4 is 5.97 Å². The SMILES string of the molecule is CC(NCC1CCC(C(=O)O)O1)c1cccc(F)c1. The first-order valence-corrected chi connectivity index (χ1v) is 6.43. The number of halogens is 1. The van der Waals surface area contributed by atoms with Gasteiger partial charge in [0, 0.05) is 12.6 Å². The Bertz CT molecular complexity index is 452. The molecule has 1 fully saturated rings. The Labute approximate surface area is 111 Å². The van der Waals surface area contributed by atoms with Gasteiger partial charge in [0.05, 0.1) is 6.10 Å². The van der Waals surface area contributed by atoms with E-state index >= 15 is 0 Å². The van der Waals surface area contributed by atoms with E-state index in [1.54, 1.807) is 6.07 Å². The first-order chi connectivity index (χ1) is 9.06. The molecule has 0 amide bonds. The molecule has 1 heterocycles. The van der Waals surface area contributed by atoms with Crippen molar-refractivity contribution < 1.29 is 19.0 Å². The average molecular weight is 267 g/mol. The predicted octanol–water partition coefficient (Wildman–Crippen LogP) is 2.11. The van der Waals surface area contributed by atoms with Gasteiger partial charge in [-0.05, 0) is 37.5 Å². The molecule has 1 aromatic rings. The largest absolute Gasteiger partial charge is 0.479 e. The minimum absolute atomic E-state index is 0.00294. The summed E-state index contributed by atoms with van der Waals surface area (Å²) in [7, 11) is 0. The molecule has 0 bridgehead atoms. The van der Waals surface area contributed by atoms with Crippen molar-refractivity contribution in [3.05, 3.63) is 35.6 Å². The molecule has 3 atom stereocenters. The lowest BCUT2D eigenvalue weighted by Crippen LogP contribution is -2.30. The molecule has 4 nitrogen and oxygen atoms in total. The van der Waals surface area contributed by atoms with E-state index < -0.39 is 12.1 Å². The molecule has 1 aliphatic rings. The van der Waals surface area contributed by atoms with Gasteiger partial charge >= 0.3 is 5.97 Å². The molecule has 0 aromatic heterocycles. The Morgan fingerprint density at radius 3 is 3.00 bits per heavy atom. The number of nitrogens with one attached hydrogen (secondary N) is 1. The van der Waals surface area contributed by atoms with Crippen LogP contribution in [0.2, 0.25) is 0 Å². The summed E-state index contributed by atoms with van der Waals surface area (Å²) in [4.78, 5) is 10.8. The van der Waals surface area contributed by atoms with Crippen LogP contribution in [0.4, 0.5) is 4.39 Å². The zero-order valence-electron chi connectivity index (χ0n) is 10.8. The molecule has 1 aliphatic heterocycles. The van der Waals surface area contributed by atoms with E-state index in [1.807, 2.05) is 13.0 Å². The maximum Gasteiger partial charge on any atom is 0.332 e. The second-order valence-electron chi connectivity index (χ2n) is 4.85. The van der Waals surface area contributed by atoms with Crippen LogP contribution in [-0.2, 0) is 9.53 Å². The molecule has 1 aromatic carbocycles. The van der Waals surface area contributed by atoms with Crippen molar-refractivity contribution in [3.8, 4) is 0 Å². The quantitative estimate of drug-likeness (QED) is 0.858. The van der Waals surface area contributed by atoms with E-state index in [9.17, 15) is 9.18 Å². The van der Waals surface area contributed by atoms with E-state index in [2.05, 4.69) is 5.32 Å². The fraction of sp³-hybridized carbons (Fsp3) is 0.500. The number of carbonyl (C=O) groups is 1. The molecule has 19 heavy (non-hydrogen) atoms. The normalized spacial score (nSPS) is 24.3. The molecular formula is C14H18FNO3. The van der Waals surface area contributed by atoms with Crippen LogP contribution in [0.5, 0.6) is 0 Å². The van der Waals surface area contributed by atoms with Crippen molar-refractivity contribution in [3.63, 3.8) is 0 Å². The molecule has 2 rings (SSSR count). The van der Waals surface area contributed by atoms with Crippen LogP contribution in [0.25, 0.3) is 0 Å². The van der Waals surface area contributed by atoms with Crippen molar-refractivity contribution in [1.82, 2.24) is 5.32 Å². The number of carboxylic acid groups (broad SMARTS) is 1. The molecule has 0 aliphatic carbocycles. The van der Waals surface area contributed by atoms with E-state index in [4.69, 9.17) is 9.84 Å². The third-order valence-corrected chi connectivity index (χ3v) is 3.38. The summed E-state index contributed by atoms with van der Waals surface area (Å²) in [5, 5.41) is 12.1. The Balaban J connectivity index is 1.81. The summed E-state index contributed by atoms with van der Waals surface area (Å²) in [6.07, 6.45) is 0.518. The van der Waals surface area contributed by atoms with Crippen molar-refractivity contribution in [2.45, 2.75) is 38.0 Å². The van der Waals surface area contributed by atoms with Gasteiger partial charge in [0.25, 0.3) is 0 Å². The Morgan fingerprint density at radius 2 is 2.37 bits per heavy atom. The number of hydrogen-bond donors (Lipinski definition) is 2. The van der Waals surface area contributed by atoms with Crippen LogP contribution in [-0.4, -0.2) is 29.8 Å². The van der Waals surface area contributed by atoms with Crippen molar-refractivity contribution in [2.24, 2.45) is 0 Å². The smallest absolute Gasteiger partial charge is 0.332 e. The maximum atomic E-state index is 13.1. The topological polar surface area (TPSA) is 58.6 Å². The third kappa shape index (κ3) is 3.75. The lowest BCUT2D eigenvalue weighted by Gasteiger charge is -2.18. The molecular weight excluding hydrogens is 249 g/mol. The highest BCUT2D eigenvalue weighted by Gasteiger charge is 2.30. The standard InChI is InChI=1S/C14H18FNO3/c1-9(10-3-2-4-11(15)7-10)16-8-12-5-6-13(19-12)14(17)18/h2-4,7,9,12-13,16H,5-6,8H2,1H3,(H,17,18). The number of ether oxygens (including phenoxy) is 1. The molecule has 2 N–H and O–H groups in total. The minimum atomic E-state index is -0.902. The van der Waals surface area contributed by atoms with Gasteiger partial charge in [-0.15, -0.1) is 0 Å². The zero-order chi connectivity index (χ0) is 13.8. The van der Waals surface area contributed by atoms with Gasteiger partial charge in [-0.25, -0.2) is 9.18 Å². The summed E-state index contributed by atoms with van der Waals surface area (Å²) in [5.41, 5.74) is 0.868. The molecule has 3 unspecified atom stereocenters. The lowest BCUT2D eigenvalue weighted by molar-refractivity contribution is -0.149. The summed E-state index contributed by atoms with van der Waals surface area (Å²) in [6, 6.07) is 6.44. The fourth-order valence-corrected chi connectivity index (χ4v) is 2.24. The third-order valence-electron chi connectivity index (χ3n) is 3.38. The maximum absolute atomic E-state index is 13.1. The van der Waals surface area contributed by atoms with Crippen LogP contribution in [0.1, 0.15) is 31.4 Å². The molecule has 1 saturated heterocycles. The lowest BCUT2D eigenvalue weighted by atomic mass is 10.1. The number of aliphatic carboxylic acids is 1. The summed E-state index contributed by atoms with van der Waals surface area (Å²) in [5.74, 6) is -1.16. The van der Waals surface area contributed by atoms with Crippen molar-refractivity contribution in [1.29, 1.82) is 0 Å². The second-order valence-corrected chi connectivity index (χ2v) is 4.85. The first kappa shape index (κ1) is 14.0. The van der Waals surface area contributed by atoms with Crippen molar-refractivity contribution in [2.75, 3.05) is 6.54 Å². The van der Waals surface area contributed by atoms with E-state index in [1.165, 1.54) is 12.1 Å². The zero-order valence-corrected chi connectivity index (χ0v) is 10.8. The van der Waals surface area contributed by atoms with E-state index in [-0.39, 0.29) is 18.0 Å². The average Bonchev–Trinajstić information content (AvgIpc) is 2.85. The van der Waals surface area contributed by atoms with Crippen LogP contribution in [0, 0.1) is 5.82 Å². The van der Waals surface area contributed by atoms with Gasteiger partial charge < -0.3 is 15.2 Å². The highest BCUT2D eigenvalue weighted by molar-refractivity contribution is 5.72. The van der Waals surface area contributed by atoms with Gasteiger partial charge in [-0.1, -0.05) is 12.1 Å². The molecule has 0 saturated carbocycles. The molecule has 104 valence electrons. The second kappa shape index (κ2) is 6.12. The highest BCUT2D eigenvalue weighted by Crippen LogP contribution is 2.20. The van der Waals surface area contributed by atoms with Crippen LogP contribution in [0.15, 0.2) is 24.3 Å². The van der Waals surface area contributed by atoms with Crippen LogP contribution < -0.4 is 5.32 Å².